The zero-order valence-corrected chi connectivity index (χ0v) is 18.2. The highest BCUT2D eigenvalue weighted by molar-refractivity contribution is 7.89. The van der Waals surface area contributed by atoms with Crippen molar-refractivity contribution in [1.82, 2.24) is 10.0 Å². The van der Waals surface area contributed by atoms with Crippen LogP contribution in [-0.2, 0) is 27.7 Å². The molecule has 0 unspecified atom stereocenters. The van der Waals surface area contributed by atoms with Gasteiger partial charge in [-0.05, 0) is 48.2 Å². The molecule has 0 aliphatic rings. The molecule has 0 saturated carbocycles. The van der Waals surface area contributed by atoms with Crippen molar-refractivity contribution in [3.8, 4) is 0 Å². The summed E-state index contributed by atoms with van der Waals surface area (Å²) in [6, 6.07) is 20.2. The van der Waals surface area contributed by atoms with Gasteiger partial charge in [-0.2, -0.15) is 4.72 Å². The third-order valence-electron chi connectivity index (χ3n) is 4.65. The van der Waals surface area contributed by atoms with Crippen LogP contribution in [-0.4, -0.2) is 26.9 Å². The van der Waals surface area contributed by atoms with Crippen molar-refractivity contribution in [1.29, 1.82) is 0 Å². The fourth-order valence-corrected chi connectivity index (χ4v) is 4.46. The van der Waals surface area contributed by atoms with Gasteiger partial charge in [-0.1, -0.05) is 66.2 Å². The molecule has 3 aromatic rings. The molecular formula is C23H22ClFN2O3S. The minimum atomic E-state index is -4.24. The molecule has 0 fully saturated rings. The number of hydrogen-bond acceptors (Lipinski definition) is 3. The minimum Gasteiger partial charge on any atom is -0.354 e. The van der Waals surface area contributed by atoms with E-state index in [-0.39, 0.29) is 6.42 Å². The molecule has 0 aliphatic heterocycles. The van der Waals surface area contributed by atoms with Crippen LogP contribution < -0.4 is 10.0 Å². The SMILES string of the molecule is O=C(NCCc1ccc(Cl)cc1)[C@H](Cc1ccccc1)NS(=O)(=O)c1ccccc1F. The third kappa shape index (κ3) is 6.62. The van der Waals surface area contributed by atoms with Gasteiger partial charge in [-0.15, -0.1) is 0 Å². The molecule has 3 rings (SSSR count). The Kier molecular flexibility index (Phi) is 7.79. The molecule has 1 amide bonds. The van der Waals surface area contributed by atoms with Crippen LogP contribution in [0.5, 0.6) is 0 Å². The fraction of sp³-hybridized carbons (Fsp3) is 0.174. The van der Waals surface area contributed by atoms with Crippen molar-refractivity contribution in [3.05, 3.63) is 101 Å². The standard InChI is InChI=1S/C23H22ClFN2O3S/c24-19-12-10-17(11-13-19)14-15-26-23(28)21(16-18-6-2-1-3-7-18)27-31(29,30)22-9-5-4-8-20(22)25/h1-13,21,27H,14-16H2,(H,26,28)/t21-/m0/s1. The van der Waals surface area contributed by atoms with Gasteiger partial charge in [0, 0.05) is 11.6 Å². The van der Waals surface area contributed by atoms with E-state index < -0.39 is 32.7 Å². The maximum Gasteiger partial charge on any atom is 0.244 e. The summed E-state index contributed by atoms with van der Waals surface area (Å²) in [5, 5.41) is 3.39. The number of hydrogen-bond donors (Lipinski definition) is 2. The van der Waals surface area contributed by atoms with Crippen molar-refractivity contribution >= 4 is 27.5 Å². The topological polar surface area (TPSA) is 75.3 Å². The summed E-state index contributed by atoms with van der Waals surface area (Å²) in [5.74, 6) is -1.37. The first-order chi connectivity index (χ1) is 14.8. The highest BCUT2D eigenvalue weighted by Gasteiger charge is 2.27. The number of carbonyl (C=O) groups excluding carboxylic acids is 1. The summed E-state index contributed by atoms with van der Waals surface area (Å²) in [7, 11) is -4.24. The summed E-state index contributed by atoms with van der Waals surface area (Å²) in [6.07, 6.45) is 0.683. The van der Waals surface area contributed by atoms with E-state index in [2.05, 4.69) is 10.0 Å². The lowest BCUT2D eigenvalue weighted by Gasteiger charge is -2.19. The first-order valence-corrected chi connectivity index (χ1v) is 11.5. The highest BCUT2D eigenvalue weighted by Crippen LogP contribution is 2.15. The molecule has 5 nitrogen and oxygen atoms in total. The fourth-order valence-electron chi connectivity index (χ4n) is 3.06. The van der Waals surface area contributed by atoms with Gasteiger partial charge in [0.2, 0.25) is 15.9 Å². The molecule has 31 heavy (non-hydrogen) atoms. The molecule has 0 radical (unpaired) electrons. The summed E-state index contributed by atoms with van der Waals surface area (Å²) < 4.78 is 41.9. The van der Waals surface area contributed by atoms with E-state index >= 15 is 0 Å². The van der Waals surface area contributed by atoms with Crippen LogP contribution in [0.3, 0.4) is 0 Å². The molecule has 2 N–H and O–H groups in total. The van der Waals surface area contributed by atoms with Crippen LogP contribution in [0.1, 0.15) is 11.1 Å². The number of amides is 1. The number of carbonyl (C=O) groups is 1. The Hall–Kier alpha value is -2.74. The summed E-state index contributed by atoms with van der Waals surface area (Å²) >= 11 is 5.88. The number of sulfonamides is 1. The lowest BCUT2D eigenvalue weighted by Crippen LogP contribution is -2.48. The molecule has 162 valence electrons. The Morgan fingerprint density at radius 1 is 0.903 bits per heavy atom. The van der Waals surface area contributed by atoms with Crippen LogP contribution in [0.4, 0.5) is 4.39 Å². The molecule has 0 bridgehead atoms. The van der Waals surface area contributed by atoms with E-state index in [1.165, 1.54) is 12.1 Å². The molecule has 8 heteroatoms. The minimum absolute atomic E-state index is 0.126. The zero-order valence-electron chi connectivity index (χ0n) is 16.6. The van der Waals surface area contributed by atoms with Gasteiger partial charge in [0.1, 0.15) is 16.8 Å². The van der Waals surface area contributed by atoms with Crippen LogP contribution in [0.15, 0.2) is 83.8 Å². The van der Waals surface area contributed by atoms with Crippen molar-refractivity contribution in [3.63, 3.8) is 0 Å². The van der Waals surface area contributed by atoms with Crippen LogP contribution in [0, 0.1) is 5.82 Å². The molecule has 0 saturated heterocycles. The van der Waals surface area contributed by atoms with Crippen molar-refractivity contribution in [2.24, 2.45) is 0 Å². The Balaban J connectivity index is 1.73. The van der Waals surface area contributed by atoms with E-state index in [0.717, 1.165) is 23.3 Å². The third-order valence-corrected chi connectivity index (χ3v) is 6.41. The lowest BCUT2D eigenvalue weighted by molar-refractivity contribution is -0.122. The lowest BCUT2D eigenvalue weighted by atomic mass is 10.1. The van der Waals surface area contributed by atoms with E-state index in [0.29, 0.717) is 18.0 Å². The van der Waals surface area contributed by atoms with Gasteiger partial charge in [0.05, 0.1) is 0 Å². The van der Waals surface area contributed by atoms with Crippen LogP contribution >= 0.6 is 11.6 Å². The van der Waals surface area contributed by atoms with Crippen molar-refractivity contribution in [2.75, 3.05) is 6.54 Å². The smallest absolute Gasteiger partial charge is 0.244 e. The summed E-state index contributed by atoms with van der Waals surface area (Å²) in [6.45, 7) is 0.313. The van der Waals surface area contributed by atoms with Crippen molar-refractivity contribution < 1.29 is 17.6 Å². The molecule has 0 aromatic heterocycles. The van der Waals surface area contributed by atoms with Crippen LogP contribution in [0.25, 0.3) is 0 Å². The number of rotatable bonds is 9. The first kappa shape index (κ1) is 22.9. The van der Waals surface area contributed by atoms with Gasteiger partial charge in [0.25, 0.3) is 0 Å². The average Bonchev–Trinajstić information content (AvgIpc) is 2.75. The van der Waals surface area contributed by atoms with Gasteiger partial charge in [0.15, 0.2) is 0 Å². The van der Waals surface area contributed by atoms with Gasteiger partial charge in [-0.3, -0.25) is 4.79 Å². The quantitative estimate of drug-likeness (QED) is 0.511. The van der Waals surface area contributed by atoms with Gasteiger partial charge >= 0.3 is 0 Å². The Morgan fingerprint density at radius 2 is 1.55 bits per heavy atom. The predicted molar refractivity (Wildman–Crippen MR) is 119 cm³/mol. The Labute approximate surface area is 186 Å². The molecule has 1 atom stereocenters. The van der Waals surface area contributed by atoms with E-state index in [9.17, 15) is 17.6 Å². The van der Waals surface area contributed by atoms with Gasteiger partial charge < -0.3 is 5.32 Å². The molecular weight excluding hydrogens is 439 g/mol. The molecule has 0 aliphatic carbocycles. The maximum absolute atomic E-state index is 14.1. The van der Waals surface area contributed by atoms with E-state index in [4.69, 9.17) is 11.6 Å². The largest absolute Gasteiger partial charge is 0.354 e. The van der Waals surface area contributed by atoms with E-state index in [1.54, 1.807) is 36.4 Å². The van der Waals surface area contributed by atoms with Crippen molar-refractivity contribution in [2.45, 2.75) is 23.8 Å². The maximum atomic E-state index is 14.1. The number of nitrogens with one attached hydrogen (secondary N) is 2. The predicted octanol–water partition coefficient (Wildman–Crippen LogP) is 3.73. The normalized spacial score (nSPS) is 12.3. The molecule has 3 aromatic carbocycles. The van der Waals surface area contributed by atoms with Crippen LogP contribution in [0.2, 0.25) is 5.02 Å². The van der Waals surface area contributed by atoms with E-state index in [1.807, 2.05) is 18.2 Å². The first-order valence-electron chi connectivity index (χ1n) is 9.68. The average molecular weight is 461 g/mol. The monoisotopic (exact) mass is 460 g/mol. The second-order valence-electron chi connectivity index (χ2n) is 6.96. The highest BCUT2D eigenvalue weighted by atomic mass is 35.5. The Morgan fingerprint density at radius 3 is 2.23 bits per heavy atom. The number of benzene rings is 3. The molecule has 0 heterocycles. The summed E-state index contributed by atoms with van der Waals surface area (Å²) in [4.78, 5) is 12.3. The second-order valence-corrected chi connectivity index (χ2v) is 9.08. The molecule has 0 spiro atoms. The van der Waals surface area contributed by atoms with Gasteiger partial charge in [-0.25, -0.2) is 12.8 Å². The Bertz CT molecular complexity index is 1120. The second kappa shape index (κ2) is 10.5. The zero-order chi connectivity index (χ0) is 22.3. The summed E-state index contributed by atoms with van der Waals surface area (Å²) in [5.41, 5.74) is 1.76. The number of halogens is 2.